The minimum absolute atomic E-state index is 0.260. The monoisotopic (exact) mass is 367 g/mol. The fourth-order valence-electron chi connectivity index (χ4n) is 2.65. The number of carbonyl (C=O) groups excluding carboxylic acids is 1. The van der Waals surface area contributed by atoms with Gasteiger partial charge in [0.05, 0.1) is 13.2 Å². The van der Waals surface area contributed by atoms with E-state index in [9.17, 15) is 9.90 Å². The van der Waals surface area contributed by atoms with Crippen LogP contribution in [0, 0.1) is 0 Å². The maximum absolute atomic E-state index is 11.2. The zero-order valence-electron chi connectivity index (χ0n) is 15.3. The summed E-state index contributed by atoms with van der Waals surface area (Å²) in [5, 5.41) is 10.8. The minimum Gasteiger partial charge on any atom is -0.469 e. The number of aromatic nitrogens is 1. The van der Waals surface area contributed by atoms with Gasteiger partial charge in [-0.3, -0.25) is 4.79 Å². The van der Waals surface area contributed by atoms with Crippen molar-refractivity contribution in [3.8, 4) is 0 Å². The Morgan fingerprint density at radius 2 is 2.08 bits per heavy atom. The smallest absolute Gasteiger partial charge is 0.305 e. The molecule has 0 bridgehead atoms. The molecule has 0 saturated heterocycles. The topological polar surface area (TPSA) is 59.4 Å². The lowest BCUT2D eigenvalue weighted by Gasteiger charge is -2.13. The molecule has 0 amide bonds. The van der Waals surface area contributed by atoms with Crippen LogP contribution in [0.1, 0.15) is 81.9 Å². The lowest BCUT2D eigenvalue weighted by molar-refractivity contribution is -0.140. The van der Waals surface area contributed by atoms with E-state index < -0.39 is 6.10 Å². The Morgan fingerprint density at radius 1 is 1.32 bits per heavy atom. The predicted octanol–water partition coefficient (Wildman–Crippen LogP) is 5.49. The van der Waals surface area contributed by atoms with E-state index in [1.54, 1.807) is 12.3 Å². The number of halogens is 1. The largest absolute Gasteiger partial charge is 0.469 e. The van der Waals surface area contributed by atoms with Crippen LogP contribution in [0.5, 0.6) is 0 Å². The first-order chi connectivity index (χ1) is 12.1. The second kappa shape index (κ2) is 12.9. The molecule has 0 fully saturated rings. The molecule has 0 aliphatic carbocycles. The highest BCUT2D eigenvalue weighted by Crippen LogP contribution is 2.25. The molecule has 5 heteroatoms. The van der Waals surface area contributed by atoms with Crippen molar-refractivity contribution in [1.82, 2.24) is 4.98 Å². The third-order valence-corrected chi connectivity index (χ3v) is 4.36. The van der Waals surface area contributed by atoms with E-state index in [4.69, 9.17) is 11.6 Å². The Balaban J connectivity index is 2.57. The Labute approximate surface area is 156 Å². The van der Waals surface area contributed by atoms with Gasteiger partial charge in [0.15, 0.2) is 0 Å². The van der Waals surface area contributed by atoms with Gasteiger partial charge in [-0.05, 0) is 37.3 Å². The van der Waals surface area contributed by atoms with Crippen LogP contribution < -0.4 is 0 Å². The van der Waals surface area contributed by atoms with E-state index in [1.165, 1.54) is 39.2 Å². The first-order valence-corrected chi connectivity index (χ1v) is 9.53. The SMILES string of the molecule is CCCCCCC/C=C/c1cc(Cl)ncc1C(O)CCCC(=O)OC. The van der Waals surface area contributed by atoms with Gasteiger partial charge in [-0.2, -0.15) is 0 Å². The van der Waals surface area contributed by atoms with Crippen LogP contribution in [0.25, 0.3) is 6.08 Å². The van der Waals surface area contributed by atoms with E-state index >= 15 is 0 Å². The number of methoxy groups -OCH3 is 1. The van der Waals surface area contributed by atoms with Gasteiger partial charge in [0.1, 0.15) is 5.15 Å². The summed E-state index contributed by atoms with van der Waals surface area (Å²) < 4.78 is 4.62. The van der Waals surface area contributed by atoms with Crippen molar-refractivity contribution >= 4 is 23.6 Å². The zero-order valence-corrected chi connectivity index (χ0v) is 16.1. The number of unbranched alkanes of at least 4 members (excludes halogenated alkanes) is 5. The zero-order chi connectivity index (χ0) is 18.5. The van der Waals surface area contributed by atoms with Crippen LogP contribution in [0.15, 0.2) is 18.3 Å². The summed E-state index contributed by atoms with van der Waals surface area (Å²) in [5.74, 6) is -0.260. The highest BCUT2D eigenvalue weighted by molar-refractivity contribution is 6.29. The molecule has 1 rings (SSSR count). The number of carbonyl (C=O) groups is 1. The van der Waals surface area contributed by atoms with Gasteiger partial charge >= 0.3 is 5.97 Å². The third-order valence-electron chi connectivity index (χ3n) is 4.15. The molecule has 1 aromatic heterocycles. The van der Waals surface area contributed by atoms with Gasteiger partial charge in [-0.1, -0.05) is 56.4 Å². The molecule has 0 aromatic carbocycles. The number of nitrogens with zero attached hydrogens (tertiary/aromatic N) is 1. The average Bonchev–Trinajstić information content (AvgIpc) is 2.60. The Kier molecular flexibility index (Phi) is 11.2. The van der Waals surface area contributed by atoms with E-state index in [0.717, 1.165) is 17.5 Å². The number of ether oxygens (including phenoxy) is 1. The maximum Gasteiger partial charge on any atom is 0.305 e. The highest BCUT2D eigenvalue weighted by Gasteiger charge is 2.13. The number of pyridine rings is 1. The lowest BCUT2D eigenvalue weighted by atomic mass is 10.00. The fourth-order valence-corrected chi connectivity index (χ4v) is 2.82. The molecule has 1 unspecified atom stereocenters. The molecule has 1 N–H and O–H groups in total. The van der Waals surface area contributed by atoms with E-state index in [-0.39, 0.29) is 5.97 Å². The molecule has 1 aromatic rings. The first-order valence-electron chi connectivity index (χ1n) is 9.15. The summed E-state index contributed by atoms with van der Waals surface area (Å²) in [6, 6.07) is 1.77. The van der Waals surface area contributed by atoms with Gasteiger partial charge in [-0.25, -0.2) is 4.98 Å². The molecule has 4 nitrogen and oxygen atoms in total. The molecule has 0 saturated carbocycles. The van der Waals surface area contributed by atoms with Crippen molar-refractivity contribution in [3.05, 3.63) is 34.6 Å². The lowest BCUT2D eigenvalue weighted by Crippen LogP contribution is -2.04. The molecule has 0 aliphatic heterocycles. The molecular weight excluding hydrogens is 338 g/mol. The summed E-state index contributed by atoms with van der Waals surface area (Å²) in [6.07, 6.45) is 13.7. The van der Waals surface area contributed by atoms with Gasteiger partial charge in [0.2, 0.25) is 0 Å². The quantitative estimate of drug-likeness (QED) is 0.301. The molecule has 0 spiro atoms. The standard InChI is InChI=1S/C20H30ClNO3/c1-3-4-5-6-7-8-9-11-16-14-19(21)22-15-17(16)18(23)12-10-13-20(24)25-2/h9,11,14-15,18,23H,3-8,10,12-13H2,1-2H3/b11-9+. The normalized spacial score (nSPS) is 12.5. The van der Waals surface area contributed by atoms with Crippen LogP contribution >= 0.6 is 11.6 Å². The van der Waals surface area contributed by atoms with Gasteiger partial charge in [0.25, 0.3) is 0 Å². The van der Waals surface area contributed by atoms with Crippen molar-refractivity contribution in [2.75, 3.05) is 7.11 Å². The summed E-state index contributed by atoms with van der Waals surface area (Å²) in [5.41, 5.74) is 1.63. The first kappa shape index (κ1) is 21.7. The molecule has 0 radical (unpaired) electrons. The third kappa shape index (κ3) is 9.03. The predicted molar refractivity (Wildman–Crippen MR) is 102 cm³/mol. The van der Waals surface area contributed by atoms with E-state index in [1.807, 2.05) is 6.08 Å². The Bertz CT molecular complexity index is 546. The van der Waals surface area contributed by atoms with Gasteiger partial charge < -0.3 is 9.84 Å². The number of rotatable bonds is 12. The number of aliphatic hydroxyl groups excluding tert-OH is 1. The van der Waals surface area contributed by atoms with Crippen molar-refractivity contribution < 1.29 is 14.6 Å². The maximum atomic E-state index is 11.2. The van der Waals surface area contributed by atoms with Crippen LogP contribution in [-0.2, 0) is 9.53 Å². The van der Waals surface area contributed by atoms with Crippen molar-refractivity contribution in [2.45, 2.75) is 70.8 Å². The number of allylic oxidation sites excluding steroid dienone is 1. The van der Waals surface area contributed by atoms with Crippen LogP contribution in [0.3, 0.4) is 0 Å². The summed E-state index contributed by atoms with van der Waals surface area (Å²) in [6.45, 7) is 2.21. The second-order valence-electron chi connectivity index (χ2n) is 6.23. The molecule has 1 heterocycles. The number of hydrogen-bond acceptors (Lipinski definition) is 4. The molecular formula is C20H30ClNO3. The molecule has 140 valence electrons. The van der Waals surface area contributed by atoms with Crippen LogP contribution in [-0.4, -0.2) is 23.2 Å². The number of esters is 1. The molecule has 1 atom stereocenters. The van der Waals surface area contributed by atoms with Gasteiger partial charge in [-0.15, -0.1) is 0 Å². The fraction of sp³-hybridized carbons (Fsp3) is 0.600. The van der Waals surface area contributed by atoms with Crippen LogP contribution in [0.4, 0.5) is 0 Å². The Hall–Kier alpha value is -1.39. The van der Waals surface area contributed by atoms with Crippen molar-refractivity contribution in [2.24, 2.45) is 0 Å². The van der Waals surface area contributed by atoms with Crippen LogP contribution in [0.2, 0.25) is 5.15 Å². The van der Waals surface area contributed by atoms with E-state index in [2.05, 4.69) is 22.7 Å². The number of aliphatic hydroxyl groups is 1. The van der Waals surface area contributed by atoms with Gasteiger partial charge in [0, 0.05) is 18.2 Å². The second-order valence-corrected chi connectivity index (χ2v) is 6.61. The summed E-state index contributed by atoms with van der Waals surface area (Å²) in [4.78, 5) is 15.2. The highest BCUT2D eigenvalue weighted by atomic mass is 35.5. The summed E-state index contributed by atoms with van der Waals surface area (Å²) in [7, 11) is 1.37. The van der Waals surface area contributed by atoms with Crippen molar-refractivity contribution in [1.29, 1.82) is 0 Å². The van der Waals surface area contributed by atoms with Crippen molar-refractivity contribution in [3.63, 3.8) is 0 Å². The Morgan fingerprint density at radius 3 is 2.80 bits per heavy atom. The molecule has 0 aliphatic rings. The van der Waals surface area contributed by atoms with E-state index in [0.29, 0.717) is 24.4 Å². The minimum atomic E-state index is -0.668. The molecule has 25 heavy (non-hydrogen) atoms. The average molecular weight is 368 g/mol. The number of hydrogen-bond donors (Lipinski definition) is 1. The summed E-state index contributed by atoms with van der Waals surface area (Å²) >= 11 is 6.00.